The van der Waals surface area contributed by atoms with Gasteiger partial charge < -0.3 is 16.5 Å². The van der Waals surface area contributed by atoms with E-state index in [0.29, 0.717) is 5.70 Å². The lowest BCUT2D eigenvalue weighted by Gasteiger charge is -2.07. The third-order valence-corrected chi connectivity index (χ3v) is 1.85. The monoisotopic (exact) mass is 175 g/mol. The van der Waals surface area contributed by atoms with Crippen molar-refractivity contribution >= 4 is 17.6 Å². The lowest BCUT2D eigenvalue weighted by atomic mass is 10.1. The van der Waals surface area contributed by atoms with E-state index in [1.54, 1.807) is 0 Å². The van der Waals surface area contributed by atoms with Crippen LogP contribution in [-0.2, 0) is 0 Å². The molecule has 3 nitrogen and oxygen atoms in total. The van der Waals surface area contributed by atoms with E-state index in [1.165, 1.54) is 6.21 Å². The summed E-state index contributed by atoms with van der Waals surface area (Å²) in [6.45, 7) is 3.65. The highest BCUT2D eigenvalue weighted by Gasteiger charge is 2.00. The zero-order chi connectivity index (χ0) is 9.84. The molecule has 0 saturated carbocycles. The number of nitrogens with two attached hydrogens (primary N) is 1. The zero-order valence-corrected chi connectivity index (χ0v) is 7.59. The van der Waals surface area contributed by atoms with Gasteiger partial charge in [0.05, 0.1) is 0 Å². The lowest BCUT2D eigenvalue weighted by molar-refractivity contribution is 1.44. The molecule has 0 fully saturated rings. The topological polar surface area (TPSA) is 61.9 Å². The average molecular weight is 175 g/mol. The van der Waals surface area contributed by atoms with Crippen LogP contribution in [-0.4, -0.2) is 13.3 Å². The maximum atomic E-state index is 7.15. The Balaban J connectivity index is 3.20. The molecular formula is C10H13N3. The summed E-state index contributed by atoms with van der Waals surface area (Å²) in [7, 11) is 1.81. The molecule has 0 aromatic heterocycles. The number of benzene rings is 1. The van der Waals surface area contributed by atoms with Gasteiger partial charge in [-0.05, 0) is 11.6 Å². The van der Waals surface area contributed by atoms with E-state index in [-0.39, 0.29) is 0 Å². The Morgan fingerprint density at radius 3 is 2.77 bits per heavy atom. The van der Waals surface area contributed by atoms with Crippen molar-refractivity contribution in [1.82, 2.24) is 0 Å². The summed E-state index contributed by atoms with van der Waals surface area (Å²) in [6.07, 6.45) is 1.30. The molecule has 4 N–H and O–H groups in total. The van der Waals surface area contributed by atoms with E-state index in [9.17, 15) is 0 Å². The molecule has 0 amide bonds. The fourth-order valence-corrected chi connectivity index (χ4v) is 1.10. The number of hydrogen-bond acceptors (Lipinski definition) is 3. The van der Waals surface area contributed by atoms with Gasteiger partial charge in [-0.25, -0.2) is 0 Å². The molecule has 3 heteroatoms. The molecule has 0 aliphatic carbocycles. The molecule has 0 aliphatic heterocycles. The number of nitrogens with one attached hydrogen (secondary N) is 2. The molecule has 0 bridgehead atoms. The quantitative estimate of drug-likeness (QED) is 0.612. The van der Waals surface area contributed by atoms with Gasteiger partial charge in [0.15, 0.2) is 0 Å². The first-order valence-corrected chi connectivity index (χ1v) is 3.96. The van der Waals surface area contributed by atoms with E-state index < -0.39 is 0 Å². The Hall–Kier alpha value is -1.77. The minimum absolute atomic E-state index is 0.535. The SMILES string of the molecule is C=C(N)c1ccc(C=N)c(NC)c1. The van der Waals surface area contributed by atoms with Crippen LogP contribution in [0.3, 0.4) is 0 Å². The summed E-state index contributed by atoms with van der Waals surface area (Å²) in [6, 6.07) is 5.57. The molecule has 0 saturated heterocycles. The summed E-state index contributed by atoms with van der Waals surface area (Å²) in [4.78, 5) is 0. The summed E-state index contributed by atoms with van der Waals surface area (Å²) < 4.78 is 0. The molecular weight excluding hydrogens is 162 g/mol. The summed E-state index contributed by atoms with van der Waals surface area (Å²) in [5.41, 5.74) is 8.70. The van der Waals surface area contributed by atoms with E-state index >= 15 is 0 Å². The van der Waals surface area contributed by atoms with Crippen LogP contribution in [0.2, 0.25) is 0 Å². The Kier molecular flexibility index (Phi) is 2.69. The van der Waals surface area contributed by atoms with Crippen molar-refractivity contribution in [3.63, 3.8) is 0 Å². The maximum absolute atomic E-state index is 7.15. The van der Waals surface area contributed by atoms with Gasteiger partial charge in [0.1, 0.15) is 0 Å². The second-order valence-corrected chi connectivity index (χ2v) is 2.72. The molecule has 1 rings (SSSR count). The van der Waals surface area contributed by atoms with Gasteiger partial charge >= 0.3 is 0 Å². The van der Waals surface area contributed by atoms with Crippen LogP contribution in [0.25, 0.3) is 5.70 Å². The largest absolute Gasteiger partial charge is 0.399 e. The predicted molar refractivity (Wildman–Crippen MR) is 57.1 cm³/mol. The second-order valence-electron chi connectivity index (χ2n) is 2.72. The maximum Gasteiger partial charge on any atom is 0.0433 e. The van der Waals surface area contributed by atoms with Crippen molar-refractivity contribution in [1.29, 1.82) is 5.41 Å². The minimum atomic E-state index is 0.535. The molecule has 68 valence electrons. The molecule has 1 aromatic carbocycles. The van der Waals surface area contributed by atoms with Crippen molar-refractivity contribution in [2.75, 3.05) is 12.4 Å². The van der Waals surface area contributed by atoms with Crippen molar-refractivity contribution in [2.45, 2.75) is 0 Å². The summed E-state index contributed by atoms with van der Waals surface area (Å²) >= 11 is 0. The summed E-state index contributed by atoms with van der Waals surface area (Å²) in [5.74, 6) is 0. The average Bonchev–Trinajstić information content (AvgIpc) is 2.16. The van der Waals surface area contributed by atoms with Gasteiger partial charge in [-0.3, -0.25) is 0 Å². The third kappa shape index (κ3) is 1.87. The Morgan fingerprint density at radius 1 is 1.62 bits per heavy atom. The lowest BCUT2D eigenvalue weighted by Crippen LogP contribution is -1.99. The molecule has 0 aliphatic rings. The van der Waals surface area contributed by atoms with Gasteiger partial charge in [-0.1, -0.05) is 18.7 Å². The molecule has 0 atom stereocenters. The van der Waals surface area contributed by atoms with Gasteiger partial charge in [0.25, 0.3) is 0 Å². The molecule has 13 heavy (non-hydrogen) atoms. The third-order valence-electron chi connectivity index (χ3n) is 1.85. The summed E-state index contributed by atoms with van der Waals surface area (Å²) in [5, 5.41) is 10.1. The van der Waals surface area contributed by atoms with Crippen molar-refractivity contribution in [3.8, 4) is 0 Å². The van der Waals surface area contributed by atoms with Crippen molar-refractivity contribution in [3.05, 3.63) is 35.9 Å². The first-order chi connectivity index (χ1) is 6.19. The first kappa shape index (κ1) is 9.32. The Labute approximate surface area is 77.8 Å². The predicted octanol–water partition coefficient (Wildman–Crippen LogP) is 1.66. The van der Waals surface area contributed by atoms with Gasteiger partial charge in [0.2, 0.25) is 0 Å². The highest BCUT2D eigenvalue weighted by atomic mass is 14.8. The van der Waals surface area contributed by atoms with Crippen LogP contribution in [0.15, 0.2) is 24.8 Å². The van der Waals surface area contributed by atoms with E-state index in [2.05, 4.69) is 11.9 Å². The van der Waals surface area contributed by atoms with Crippen LogP contribution < -0.4 is 11.1 Å². The molecule has 0 spiro atoms. The second kappa shape index (κ2) is 3.76. The highest BCUT2D eigenvalue weighted by molar-refractivity contribution is 5.87. The fourth-order valence-electron chi connectivity index (χ4n) is 1.10. The minimum Gasteiger partial charge on any atom is -0.399 e. The number of anilines is 1. The first-order valence-electron chi connectivity index (χ1n) is 3.96. The van der Waals surface area contributed by atoms with Gasteiger partial charge in [-0.15, -0.1) is 0 Å². The molecule has 0 unspecified atom stereocenters. The van der Waals surface area contributed by atoms with Crippen LogP contribution in [0.4, 0.5) is 5.69 Å². The van der Waals surface area contributed by atoms with Crippen LogP contribution in [0.1, 0.15) is 11.1 Å². The number of hydrogen-bond donors (Lipinski definition) is 3. The van der Waals surface area contributed by atoms with Gasteiger partial charge in [0, 0.05) is 30.2 Å². The molecule has 1 aromatic rings. The smallest absolute Gasteiger partial charge is 0.0433 e. The number of rotatable bonds is 3. The Bertz CT molecular complexity index is 342. The Morgan fingerprint density at radius 2 is 2.31 bits per heavy atom. The van der Waals surface area contributed by atoms with E-state index in [1.807, 2.05) is 25.2 Å². The van der Waals surface area contributed by atoms with Crippen LogP contribution in [0, 0.1) is 5.41 Å². The van der Waals surface area contributed by atoms with Crippen LogP contribution in [0.5, 0.6) is 0 Å². The van der Waals surface area contributed by atoms with Crippen molar-refractivity contribution < 1.29 is 0 Å². The normalized spacial score (nSPS) is 9.31. The molecule has 0 heterocycles. The van der Waals surface area contributed by atoms with Crippen molar-refractivity contribution in [2.24, 2.45) is 5.73 Å². The zero-order valence-electron chi connectivity index (χ0n) is 7.59. The van der Waals surface area contributed by atoms with Gasteiger partial charge in [-0.2, -0.15) is 0 Å². The highest BCUT2D eigenvalue weighted by Crippen LogP contribution is 2.17. The molecule has 0 radical (unpaired) electrons. The fraction of sp³-hybridized carbons (Fsp3) is 0.100. The van der Waals surface area contributed by atoms with E-state index in [4.69, 9.17) is 11.1 Å². The standard InChI is InChI=1S/C10H13N3/c1-7(12)8-3-4-9(6-11)10(5-8)13-2/h3-6,11,13H,1,12H2,2H3. The van der Waals surface area contributed by atoms with Crippen LogP contribution >= 0.6 is 0 Å². The van der Waals surface area contributed by atoms with E-state index in [0.717, 1.165) is 16.8 Å².